The van der Waals surface area contributed by atoms with Crippen molar-refractivity contribution in [3.05, 3.63) is 44.9 Å². The first-order chi connectivity index (χ1) is 10.2. The molecule has 0 aliphatic heterocycles. The second-order valence-corrected chi connectivity index (χ2v) is 6.95. The Labute approximate surface area is 130 Å². The molecule has 0 saturated heterocycles. The van der Waals surface area contributed by atoms with Gasteiger partial charge in [-0.05, 0) is 50.9 Å². The molecule has 1 N–H and O–H groups in total. The third kappa shape index (κ3) is 3.44. The average Bonchev–Trinajstić information content (AvgIpc) is 3.23. The van der Waals surface area contributed by atoms with Crippen LogP contribution in [0.1, 0.15) is 45.5 Å². The number of aryl methyl sites for hydroxylation is 2. The van der Waals surface area contributed by atoms with Crippen LogP contribution in [0.15, 0.2) is 18.2 Å². The summed E-state index contributed by atoms with van der Waals surface area (Å²) in [5.41, 5.74) is 3.70. The molecule has 0 amide bonds. The molecule has 0 spiro atoms. The van der Waals surface area contributed by atoms with Gasteiger partial charge in [0.1, 0.15) is 17.4 Å². The van der Waals surface area contributed by atoms with Crippen LogP contribution in [0.3, 0.4) is 0 Å². The zero-order chi connectivity index (χ0) is 14.8. The van der Waals surface area contributed by atoms with Crippen molar-refractivity contribution in [2.75, 3.05) is 7.05 Å². The third-order valence-corrected chi connectivity index (χ3v) is 4.81. The molecule has 0 atom stereocenters. The van der Waals surface area contributed by atoms with E-state index in [1.807, 2.05) is 7.05 Å². The molecular formula is C17H22N2OS. The molecule has 1 heterocycles. The first kappa shape index (κ1) is 14.5. The van der Waals surface area contributed by atoms with Crippen LogP contribution in [-0.2, 0) is 13.2 Å². The van der Waals surface area contributed by atoms with Crippen LogP contribution in [-0.4, -0.2) is 12.0 Å². The standard InChI is InChI=1S/C17H22N2OS/c1-11-4-5-12(2)14(8-11)20-10-16-19-17(13-6-7-13)15(21-16)9-18-3/h4-5,8,13,18H,6-7,9-10H2,1-3H3. The van der Waals surface area contributed by atoms with Gasteiger partial charge in [-0.1, -0.05) is 12.1 Å². The molecule has 1 aromatic heterocycles. The van der Waals surface area contributed by atoms with Crippen molar-refractivity contribution in [3.63, 3.8) is 0 Å². The van der Waals surface area contributed by atoms with Crippen molar-refractivity contribution in [2.45, 2.75) is 45.8 Å². The highest BCUT2D eigenvalue weighted by atomic mass is 32.1. The summed E-state index contributed by atoms with van der Waals surface area (Å²) in [6, 6.07) is 6.32. The van der Waals surface area contributed by atoms with E-state index in [0.29, 0.717) is 12.5 Å². The van der Waals surface area contributed by atoms with Gasteiger partial charge < -0.3 is 10.1 Å². The Hall–Kier alpha value is -1.39. The van der Waals surface area contributed by atoms with Gasteiger partial charge in [-0.3, -0.25) is 0 Å². The van der Waals surface area contributed by atoms with E-state index < -0.39 is 0 Å². The summed E-state index contributed by atoms with van der Waals surface area (Å²) in [5.74, 6) is 1.66. The minimum absolute atomic E-state index is 0.568. The van der Waals surface area contributed by atoms with Gasteiger partial charge in [0, 0.05) is 17.3 Å². The number of thiazole rings is 1. The van der Waals surface area contributed by atoms with Crippen molar-refractivity contribution in [3.8, 4) is 5.75 Å². The van der Waals surface area contributed by atoms with E-state index in [4.69, 9.17) is 9.72 Å². The van der Waals surface area contributed by atoms with Gasteiger partial charge >= 0.3 is 0 Å². The Morgan fingerprint density at radius 3 is 2.86 bits per heavy atom. The zero-order valence-corrected chi connectivity index (χ0v) is 13.7. The van der Waals surface area contributed by atoms with Crippen LogP contribution in [0.25, 0.3) is 0 Å². The minimum atomic E-state index is 0.568. The van der Waals surface area contributed by atoms with Crippen LogP contribution < -0.4 is 10.1 Å². The summed E-state index contributed by atoms with van der Waals surface area (Å²) in [5, 5.41) is 4.33. The van der Waals surface area contributed by atoms with Gasteiger partial charge in [0.05, 0.1) is 5.69 Å². The first-order valence-electron chi connectivity index (χ1n) is 7.50. The Balaban J connectivity index is 1.72. The Morgan fingerprint density at radius 1 is 1.33 bits per heavy atom. The van der Waals surface area contributed by atoms with Crippen molar-refractivity contribution in [2.24, 2.45) is 0 Å². The molecule has 0 bridgehead atoms. The fourth-order valence-electron chi connectivity index (χ4n) is 2.44. The van der Waals surface area contributed by atoms with Crippen molar-refractivity contribution in [1.82, 2.24) is 10.3 Å². The lowest BCUT2D eigenvalue weighted by molar-refractivity contribution is 0.303. The lowest BCUT2D eigenvalue weighted by atomic mass is 10.1. The molecule has 0 radical (unpaired) electrons. The maximum atomic E-state index is 5.98. The molecule has 0 unspecified atom stereocenters. The summed E-state index contributed by atoms with van der Waals surface area (Å²) in [4.78, 5) is 6.19. The summed E-state index contributed by atoms with van der Waals surface area (Å²) in [6.45, 7) is 5.65. The highest BCUT2D eigenvalue weighted by molar-refractivity contribution is 7.11. The normalized spacial score (nSPS) is 14.4. The fraction of sp³-hybridized carbons (Fsp3) is 0.471. The molecule has 21 heavy (non-hydrogen) atoms. The molecule has 3 rings (SSSR count). The van der Waals surface area contributed by atoms with E-state index in [0.717, 1.165) is 17.3 Å². The van der Waals surface area contributed by atoms with Gasteiger partial charge in [-0.2, -0.15) is 0 Å². The molecule has 1 aliphatic carbocycles. The van der Waals surface area contributed by atoms with E-state index >= 15 is 0 Å². The summed E-state index contributed by atoms with van der Waals surface area (Å²) < 4.78 is 5.98. The van der Waals surface area contributed by atoms with Crippen LogP contribution in [0.4, 0.5) is 0 Å². The SMILES string of the molecule is CNCc1sc(COc2cc(C)ccc2C)nc1C1CC1. The van der Waals surface area contributed by atoms with Crippen LogP contribution in [0.2, 0.25) is 0 Å². The lowest BCUT2D eigenvalue weighted by Crippen LogP contribution is -2.05. The molecule has 4 heteroatoms. The van der Waals surface area contributed by atoms with Crippen LogP contribution in [0, 0.1) is 13.8 Å². The fourth-order valence-corrected chi connectivity index (χ4v) is 3.52. The smallest absolute Gasteiger partial charge is 0.140 e. The van der Waals surface area contributed by atoms with Crippen LogP contribution >= 0.6 is 11.3 Å². The molecule has 1 saturated carbocycles. The Bertz CT molecular complexity index is 632. The van der Waals surface area contributed by atoms with E-state index in [1.54, 1.807) is 11.3 Å². The highest BCUT2D eigenvalue weighted by Gasteiger charge is 2.29. The number of nitrogens with zero attached hydrogens (tertiary/aromatic N) is 1. The maximum Gasteiger partial charge on any atom is 0.140 e. The second kappa shape index (κ2) is 6.16. The van der Waals surface area contributed by atoms with E-state index in [2.05, 4.69) is 37.4 Å². The first-order valence-corrected chi connectivity index (χ1v) is 8.32. The number of hydrogen-bond acceptors (Lipinski definition) is 4. The van der Waals surface area contributed by atoms with Crippen molar-refractivity contribution < 1.29 is 4.74 Å². The number of ether oxygens (including phenoxy) is 1. The topological polar surface area (TPSA) is 34.1 Å². The largest absolute Gasteiger partial charge is 0.486 e. The number of benzene rings is 1. The van der Waals surface area contributed by atoms with E-state index in [-0.39, 0.29) is 0 Å². The van der Waals surface area contributed by atoms with Gasteiger partial charge in [0.15, 0.2) is 0 Å². The van der Waals surface area contributed by atoms with Crippen molar-refractivity contribution >= 4 is 11.3 Å². The molecule has 3 nitrogen and oxygen atoms in total. The predicted octanol–water partition coefficient (Wildman–Crippen LogP) is 3.94. The minimum Gasteiger partial charge on any atom is -0.486 e. The molecule has 1 aliphatic rings. The highest BCUT2D eigenvalue weighted by Crippen LogP contribution is 2.42. The Kier molecular flexibility index (Phi) is 4.27. The molecule has 112 valence electrons. The molecule has 1 fully saturated rings. The van der Waals surface area contributed by atoms with E-state index in [1.165, 1.54) is 34.5 Å². The molecule has 2 aromatic rings. The number of nitrogens with one attached hydrogen (secondary N) is 1. The molecular weight excluding hydrogens is 280 g/mol. The van der Waals surface area contributed by atoms with E-state index in [9.17, 15) is 0 Å². The number of hydrogen-bond donors (Lipinski definition) is 1. The van der Waals surface area contributed by atoms with Crippen LogP contribution in [0.5, 0.6) is 5.75 Å². The van der Waals surface area contributed by atoms with Gasteiger partial charge in [0.25, 0.3) is 0 Å². The quantitative estimate of drug-likeness (QED) is 0.877. The summed E-state index contributed by atoms with van der Waals surface area (Å²) >= 11 is 1.78. The van der Waals surface area contributed by atoms with Gasteiger partial charge in [-0.25, -0.2) is 4.98 Å². The predicted molar refractivity (Wildman–Crippen MR) is 87.1 cm³/mol. The monoisotopic (exact) mass is 302 g/mol. The Morgan fingerprint density at radius 2 is 2.14 bits per heavy atom. The van der Waals surface area contributed by atoms with Crippen molar-refractivity contribution in [1.29, 1.82) is 0 Å². The third-order valence-electron chi connectivity index (χ3n) is 3.77. The van der Waals surface area contributed by atoms with Gasteiger partial charge in [-0.15, -0.1) is 11.3 Å². The maximum absolute atomic E-state index is 5.98. The summed E-state index contributed by atoms with van der Waals surface area (Å²) in [7, 11) is 1.99. The zero-order valence-electron chi connectivity index (χ0n) is 12.9. The lowest BCUT2D eigenvalue weighted by Gasteiger charge is -2.08. The number of rotatable bonds is 6. The molecule has 1 aromatic carbocycles. The number of aromatic nitrogens is 1. The van der Waals surface area contributed by atoms with Gasteiger partial charge in [0.2, 0.25) is 0 Å². The average molecular weight is 302 g/mol. The second-order valence-electron chi connectivity index (χ2n) is 5.78. The summed E-state index contributed by atoms with van der Waals surface area (Å²) in [6.07, 6.45) is 2.58.